The highest BCUT2D eigenvalue weighted by Gasteiger charge is 2.23. The molecule has 0 spiro atoms. The highest BCUT2D eigenvalue weighted by Crippen LogP contribution is 2.19. The van der Waals surface area contributed by atoms with Crippen molar-refractivity contribution in [2.45, 2.75) is 52.1 Å². The molecule has 1 amide bonds. The molecule has 0 bridgehead atoms. The van der Waals surface area contributed by atoms with Crippen molar-refractivity contribution >= 4 is 5.91 Å². The molecular weight excluding hydrogens is 340 g/mol. The number of likely N-dealkylation sites (tertiary alicyclic amines) is 1. The summed E-state index contributed by atoms with van der Waals surface area (Å²) in [5.74, 6) is 0.444. The minimum absolute atomic E-state index is 0.0693. The van der Waals surface area contributed by atoms with Gasteiger partial charge in [-0.2, -0.15) is 0 Å². The Balaban J connectivity index is 1.57. The molecule has 0 radical (unpaired) electrons. The molecule has 27 heavy (non-hydrogen) atoms. The molecule has 0 saturated carbocycles. The van der Waals surface area contributed by atoms with E-state index in [2.05, 4.69) is 44.5 Å². The number of rotatable bonds is 6. The van der Waals surface area contributed by atoms with Gasteiger partial charge in [0.1, 0.15) is 5.82 Å². The molecule has 6 nitrogen and oxygen atoms in total. The molecule has 1 aromatic carbocycles. The van der Waals surface area contributed by atoms with Gasteiger partial charge in [-0.3, -0.25) is 14.5 Å². The van der Waals surface area contributed by atoms with Gasteiger partial charge in [0.2, 0.25) is 5.91 Å². The van der Waals surface area contributed by atoms with Crippen molar-refractivity contribution in [2.75, 3.05) is 13.1 Å². The molecule has 144 valence electrons. The highest BCUT2D eigenvalue weighted by molar-refractivity contribution is 5.78. The lowest BCUT2D eigenvalue weighted by atomic mass is 10.0. The summed E-state index contributed by atoms with van der Waals surface area (Å²) in [6.45, 7) is 6.08. The van der Waals surface area contributed by atoms with Gasteiger partial charge in [-0.05, 0) is 38.8 Å². The average molecular weight is 368 g/mol. The summed E-state index contributed by atoms with van der Waals surface area (Å²) in [7, 11) is 0. The molecule has 1 aliphatic heterocycles. The van der Waals surface area contributed by atoms with Crippen LogP contribution in [0.5, 0.6) is 0 Å². The summed E-state index contributed by atoms with van der Waals surface area (Å²) in [5.41, 5.74) is 2.14. The summed E-state index contributed by atoms with van der Waals surface area (Å²) in [6.07, 6.45) is 3.53. The molecule has 2 heterocycles. The monoisotopic (exact) mass is 368 g/mol. The fourth-order valence-corrected chi connectivity index (χ4v) is 3.73. The van der Waals surface area contributed by atoms with Crippen LogP contribution in [0.1, 0.15) is 41.9 Å². The van der Waals surface area contributed by atoms with Gasteiger partial charge in [0.25, 0.3) is 5.56 Å². The second-order valence-corrected chi connectivity index (χ2v) is 7.30. The van der Waals surface area contributed by atoms with Crippen molar-refractivity contribution in [3.05, 3.63) is 63.3 Å². The minimum Gasteiger partial charge on any atom is -0.354 e. The predicted octanol–water partition coefficient (Wildman–Crippen LogP) is 2.10. The smallest absolute Gasteiger partial charge is 0.254 e. The van der Waals surface area contributed by atoms with Crippen molar-refractivity contribution in [3.63, 3.8) is 0 Å². The molecule has 6 heteroatoms. The van der Waals surface area contributed by atoms with Crippen LogP contribution in [0.3, 0.4) is 0 Å². The van der Waals surface area contributed by atoms with E-state index >= 15 is 0 Å². The molecular formula is C21H28N4O2. The zero-order valence-corrected chi connectivity index (χ0v) is 16.1. The quantitative estimate of drug-likeness (QED) is 0.819. The average Bonchev–Trinajstić information content (AvgIpc) is 2.65. The van der Waals surface area contributed by atoms with Gasteiger partial charge in [0.15, 0.2) is 0 Å². The summed E-state index contributed by atoms with van der Waals surface area (Å²) in [4.78, 5) is 33.8. The van der Waals surface area contributed by atoms with Crippen LogP contribution in [0.25, 0.3) is 0 Å². The number of piperidine rings is 1. The minimum atomic E-state index is -0.224. The number of nitrogens with zero attached hydrogens (tertiary/aromatic N) is 2. The Hall–Kier alpha value is -2.47. The fourth-order valence-electron chi connectivity index (χ4n) is 3.73. The van der Waals surface area contributed by atoms with E-state index in [4.69, 9.17) is 0 Å². The van der Waals surface area contributed by atoms with Gasteiger partial charge in [0.05, 0.1) is 6.42 Å². The topological polar surface area (TPSA) is 78.1 Å². The van der Waals surface area contributed by atoms with E-state index in [1.54, 1.807) is 13.8 Å². The van der Waals surface area contributed by atoms with Crippen LogP contribution < -0.4 is 10.9 Å². The molecule has 0 unspecified atom stereocenters. The Labute approximate surface area is 160 Å². The predicted molar refractivity (Wildman–Crippen MR) is 106 cm³/mol. The molecule has 0 aliphatic carbocycles. The summed E-state index contributed by atoms with van der Waals surface area (Å²) < 4.78 is 0. The lowest BCUT2D eigenvalue weighted by molar-refractivity contribution is -0.120. The molecule has 1 saturated heterocycles. The van der Waals surface area contributed by atoms with E-state index in [9.17, 15) is 9.59 Å². The maximum absolute atomic E-state index is 12.4. The van der Waals surface area contributed by atoms with Crippen LogP contribution in [0.4, 0.5) is 0 Å². The number of amides is 1. The third-order valence-electron chi connectivity index (χ3n) is 5.19. The second kappa shape index (κ2) is 8.95. The van der Waals surface area contributed by atoms with Crippen LogP contribution in [-0.4, -0.2) is 39.9 Å². The number of carbonyl (C=O) groups is 1. The van der Waals surface area contributed by atoms with Crippen molar-refractivity contribution < 1.29 is 4.79 Å². The number of benzene rings is 1. The Morgan fingerprint density at radius 2 is 2.04 bits per heavy atom. The Morgan fingerprint density at radius 1 is 1.26 bits per heavy atom. The highest BCUT2D eigenvalue weighted by atomic mass is 16.2. The normalized spacial score (nSPS) is 17.6. The zero-order chi connectivity index (χ0) is 19.2. The van der Waals surface area contributed by atoms with E-state index < -0.39 is 0 Å². The zero-order valence-electron chi connectivity index (χ0n) is 16.1. The van der Waals surface area contributed by atoms with E-state index in [1.807, 2.05) is 6.07 Å². The second-order valence-electron chi connectivity index (χ2n) is 7.30. The van der Waals surface area contributed by atoms with Gasteiger partial charge in [-0.15, -0.1) is 0 Å². The lowest BCUT2D eigenvalue weighted by Gasteiger charge is -2.36. The number of hydrogen-bond donors (Lipinski definition) is 2. The number of H-pyrrole nitrogens is 1. The van der Waals surface area contributed by atoms with Crippen molar-refractivity contribution in [2.24, 2.45) is 0 Å². The Bertz CT molecular complexity index is 832. The number of nitrogens with one attached hydrogen (secondary N) is 2. The first-order chi connectivity index (χ1) is 13.0. The van der Waals surface area contributed by atoms with Crippen molar-refractivity contribution in [1.82, 2.24) is 20.2 Å². The van der Waals surface area contributed by atoms with Crippen molar-refractivity contribution in [1.29, 1.82) is 0 Å². The first kappa shape index (κ1) is 19.3. The number of aromatic nitrogens is 2. The molecule has 2 N–H and O–H groups in total. The van der Waals surface area contributed by atoms with Crippen LogP contribution in [-0.2, 0) is 17.8 Å². The Morgan fingerprint density at radius 3 is 2.78 bits per heavy atom. The lowest BCUT2D eigenvalue weighted by Crippen LogP contribution is -2.46. The Kier molecular flexibility index (Phi) is 6.40. The number of aromatic amines is 1. The third-order valence-corrected chi connectivity index (χ3v) is 5.19. The largest absolute Gasteiger partial charge is 0.354 e. The summed E-state index contributed by atoms with van der Waals surface area (Å²) in [5, 5.41) is 3.02. The van der Waals surface area contributed by atoms with E-state index in [1.165, 1.54) is 18.4 Å². The maximum atomic E-state index is 12.4. The van der Waals surface area contributed by atoms with E-state index in [0.29, 0.717) is 29.7 Å². The van der Waals surface area contributed by atoms with Gasteiger partial charge in [-0.1, -0.05) is 36.8 Å². The van der Waals surface area contributed by atoms with Crippen molar-refractivity contribution in [3.8, 4) is 0 Å². The first-order valence-electron chi connectivity index (χ1n) is 9.64. The number of aryl methyl sites for hydroxylation is 2. The molecule has 1 aromatic heterocycles. The molecule has 1 fully saturated rings. The van der Waals surface area contributed by atoms with Gasteiger partial charge in [0, 0.05) is 30.4 Å². The van der Waals surface area contributed by atoms with Crippen LogP contribution in [0.2, 0.25) is 0 Å². The summed E-state index contributed by atoms with van der Waals surface area (Å²) in [6, 6.07) is 10.8. The number of carbonyl (C=O) groups excluding carboxylic acids is 1. The van der Waals surface area contributed by atoms with Crippen LogP contribution in [0.15, 0.2) is 35.1 Å². The number of hydrogen-bond acceptors (Lipinski definition) is 4. The third kappa shape index (κ3) is 5.26. The van der Waals surface area contributed by atoms with Crippen LogP contribution >= 0.6 is 0 Å². The molecule has 2 aromatic rings. The molecule has 3 rings (SSSR count). The van der Waals surface area contributed by atoms with Gasteiger partial charge < -0.3 is 10.3 Å². The summed E-state index contributed by atoms with van der Waals surface area (Å²) >= 11 is 0. The van der Waals surface area contributed by atoms with Crippen LogP contribution in [0, 0.1) is 13.8 Å². The SMILES string of the molecule is Cc1nc(C)c(CC(=O)NC[C@H]2CCCCN2Cc2ccccc2)c(=O)[nH]1. The molecule has 1 aliphatic rings. The fraction of sp³-hybridized carbons (Fsp3) is 0.476. The first-order valence-corrected chi connectivity index (χ1v) is 9.64. The molecule has 1 atom stereocenters. The van der Waals surface area contributed by atoms with Gasteiger partial charge >= 0.3 is 0 Å². The van der Waals surface area contributed by atoms with E-state index in [-0.39, 0.29) is 17.9 Å². The standard InChI is InChI=1S/C21H28N4O2/c1-15-19(21(27)24-16(2)23-15)12-20(26)22-13-18-10-6-7-11-25(18)14-17-8-4-3-5-9-17/h3-5,8-9,18H,6-7,10-14H2,1-2H3,(H,22,26)(H,23,24,27)/t18-/m1/s1. The van der Waals surface area contributed by atoms with E-state index in [0.717, 1.165) is 19.5 Å². The maximum Gasteiger partial charge on any atom is 0.254 e. The van der Waals surface area contributed by atoms with Gasteiger partial charge in [-0.25, -0.2) is 4.98 Å².